The SMILES string of the molecule is Fc1ccc(-c2ccccn2)c(-c2cc(F)ccc2-c2ccccn2)c1. The normalized spacial score (nSPS) is 10.7. The van der Waals surface area contributed by atoms with E-state index in [1.54, 1.807) is 24.5 Å². The molecule has 126 valence electrons. The van der Waals surface area contributed by atoms with Crippen molar-refractivity contribution in [1.29, 1.82) is 0 Å². The van der Waals surface area contributed by atoms with E-state index >= 15 is 0 Å². The van der Waals surface area contributed by atoms with Crippen molar-refractivity contribution in [3.05, 3.63) is 96.8 Å². The van der Waals surface area contributed by atoms with Crippen molar-refractivity contribution in [3.63, 3.8) is 0 Å². The van der Waals surface area contributed by atoms with E-state index in [1.807, 2.05) is 36.4 Å². The van der Waals surface area contributed by atoms with Gasteiger partial charge in [0.2, 0.25) is 0 Å². The predicted octanol–water partition coefficient (Wildman–Crippen LogP) is 5.76. The van der Waals surface area contributed by atoms with Gasteiger partial charge >= 0.3 is 0 Å². The second-order valence-electron chi connectivity index (χ2n) is 5.81. The van der Waals surface area contributed by atoms with Gasteiger partial charge < -0.3 is 0 Å². The fourth-order valence-electron chi connectivity index (χ4n) is 2.97. The van der Waals surface area contributed by atoms with Gasteiger partial charge in [-0.1, -0.05) is 12.1 Å². The van der Waals surface area contributed by atoms with Crippen molar-refractivity contribution in [1.82, 2.24) is 9.97 Å². The number of pyridine rings is 2. The molecule has 2 aromatic heterocycles. The van der Waals surface area contributed by atoms with Crippen molar-refractivity contribution in [2.75, 3.05) is 0 Å². The van der Waals surface area contributed by atoms with E-state index in [0.29, 0.717) is 22.5 Å². The van der Waals surface area contributed by atoms with Crippen LogP contribution in [0.1, 0.15) is 0 Å². The summed E-state index contributed by atoms with van der Waals surface area (Å²) in [6.45, 7) is 0. The highest BCUT2D eigenvalue weighted by Crippen LogP contribution is 2.37. The molecular formula is C22H14F2N2. The summed E-state index contributed by atoms with van der Waals surface area (Å²) in [7, 11) is 0. The number of hydrogen-bond donors (Lipinski definition) is 0. The van der Waals surface area contributed by atoms with Gasteiger partial charge in [0.05, 0.1) is 11.4 Å². The molecule has 0 aliphatic rings. The molecule has 0 saturated heterocycles. The second-order valence-corrected chi connectivity index (χ2v) is 5.81. The Morgan fingerprint density at radius 2 is 0.962 bits per heavy atom. The second kappa shape index (κ2) is 6.84. The molecule has 2 heterocycles. The third-order valence-corrected chi connectivity index (χ3v) is 4.14. The Hall–Kier alpha value is -3.40. The van der Waals surface area contributed by atoms with Gasteiger partial charge in [-0.25, -0.2) is 8.78 Å². The Balaban J connectivity index is 2.00. The van der Waals surface area contributed by atoms with Crippen LogP contribution in [0, 0.1) is 11.6 Å². The van der Waals surface area contributed by atoms with Crippen LogP contribution >= 0.6 is 0 Å². The summed E-state index contributed by atoms with van der Waals surface area (Å²) in [5, 5.41) is 0. The van der Waals surface area contributed by atoms with E-state index in [4.69, 9.17) is 0 Å². The first-order chi connectivity index (χ1) is 12.7. The van der Waals surface area contributed by atoms with E-state index in [2.05, 4.69) is 9.97 Å². The van der Waals surface area contributed by atoms with E-state index in [-0.39, 0.29) is 0 Å². The zero-order valence-corrected chi connectivity index (χ0v) is 13.7. The summed E-state index contributed by atoms with van der Waals surface area (Å²) in [4.78, 5) is 8.72. The molecular weight excluding hydrogens is 330 g/mol. The number of hydrogen-bond acceptors (Lipinski definition) is 2. The molecule has 0 atom stereocenters. The van der Waals surface area contributed by atoms with Gasteiger partial charge in [-0.2, -0.15) is 0 Å². The lowest BCUT2D eigenvalue weighted by atomic mass is 9.92. The molecule has 26 heavy (non-hydrogen) atoms. The van der Waals surface area contributed by atoms with Gasteiger partial charge in [-0.05, 0) is 71.8 Å². The molecule has 0 spiro atoms. The minimum atomic E-state index is -0.393. The highest BCUT2D eigenvalue weighted by atomic mass is 19.1. The molecule has 0 radical (unpaired) electrons. The van der Waals surface area contributed by atoms with Crippen LogP contribution in [0.4, 0.5) is 8.78 Å². The molecule has 4 rings (SSSR count). The average Bonchev–Trinajstić information content (AvgIpc) is 2.69. The Bertz CT molecular complexity index is 961. The standard InChI is InChI=1S/C22H14F2N2/c23-15-7-9-17(21-5-1-3-11-25-21)19(13-15)20-14-16(24)8-10-18(20)22-6-2-4-12-26-22/h1-14H. The van der Waals surface area contributed by atoms with E-state index in [1.165, 1.54) is 24.3 Å². The van der Waals surface area contributed by atoms with E-state index < -0.39 is 11.6 Å². The Morgan fingerprint density at radius 1 is 0.500 bits per heavy atom. The zero-order valence-electron chi connectivity index (χ0n) is 13.7. The smallest absolute Gasteiger partial charge is 0.123 e. The number of aromatic nitrogens is 2. The van der Waals surface area contributed by atoms with E-state index in [9.17, 15) is 8.78 Å². The maximum absolute atomic E-state index is 14.1. The first-order valence-corrected chi connectivity index (χ1v) is 8.14. The number of halogens is 2. The van der Waals surface area contributed by atoms with Crippen molar-refractivity contribution in [3.8, 4) is 33.6 Å². The number of benzene rings is 2. The third-order valence-electron chi connectivity index (χ3n) is 4.14. The van der Waals surface area contributed by atoms with Gasteiger partial charge in [0.25, 0.3) is 0 Å². The number of rotatable bonds is 3. The minimum Gasteiger partial charge on any atom is -0.256 e. The van der Waals surface area contributed by atoms with Crippen LogP contribution in [-0.4, -0.2) is 9.97 Å². The molecule has 0 N–H and O–H groups in total. The molecule has 0 aliphatic heterocycles. The van der Waals surface area contributed by atoms with Crippen molar-refractivity contribution < 1.29 is 8.78 Å². The summed E-state index contributed by atoms with van der Waals surface area (Å²) in [6.07, 6.45) is 3.35. The maximum Gasteiger partial charge on any atom is 0.123 e. The quantitative estimate of drug-likeness (QED) is 0.472. The van der Waals surface area contributed by atoms with E-state index in [0.717, 1.165) is 11.1 Å². The first kappa shape index (κ1) is 16.1. The highest BCUT2D eigenvalue weighted by Gasteiger charge is 2.15. The Kier molecular flexibility index (Phi) is 4.23. The average molecular weight is 344 g/mol. The zero-order chi connectivity index (χ0) is 17.9. The fourth-order valence-corrected chi connectivity index (χ4v) is 2.97. The molecule has 0 fully saturated rings. The van der Waals surface area contributed by atoms with Crippen LogP contribution in [0.3, 0.4) is 0 Å². The summed E-state index contributed by atoms with van der Waals surface area (Å²) in [6, 6.07) is 20.0. The summed E-state index contributed by atoms with van der Waals surface area (Å²) < 4.78 is 28.1. The van der Waals surface area contributed by atoms with Gasteiger partial charge in [0.1, 0.15) is 11.6 Å². The van der Waals surface area contributed by atoms with Crippen LogP contribution in [0.5, 0.6) is 0 Å². The van der Waals surface area contributed by atoms with Gasteiger partial charge in [0, 0.05) is 23.5 Å². The van der Waals surface area contributed by atoms with Crippen LogP contribution in [0.2, 0.25) is 0 Å². The molecule has 0 saturated carbocycles. The van der Waals surface area contributed by atoms with Gasteiger partial charge in [-0.15, -0.1) is 0 Å². The molecule has 0 aliphatic carbocycles. The molecule has 4 heteroatoms. The van der Waals surface area contributed by atoms with Gasteiger partial charge in [-0.3, -0.25) is 9.97 Å². The van der Waals surface area contributed by atoms with Crippen LogP contribution in [-0.2, 0) is 0 Å². The minimum absolute atomic E-state index is 0.393. The lowest BCUT2D eigenvalue weighted by molar-refractivity contribution is 0.626. The first-order valence-electron chi connectivity index (χ1n) is 8.14. The summed E-state index contributed by atoms with van der Waals surface area (Å²) >= 11 is 0. The topological polar surface area (TPSA) is 25.8 Å². The fraction of sp³-hybridized carbons (Fsp3) is 0. The molecule has 0 amide bonds. The molecule has 4 aromatic rings. The monoisotopic (exact) mass is 344 g/mol. The summed E-state index contributed by atoms with van der Waals surface area (Å²) in [5.74, 6) is -0.785. The van der Waals surface area contributed by atoms with Crippen molar-refractivity contribution in [2.45, 2.75) is 0 Å². The van der Waals surface area contributed by atoms with Crippen molar-refractivity contribution in [2.24, 2.45) is 0 Å². The van der Waals surface area contributed by atoms with Crippen LogP contribution < -0.4 is 0 Å². The lowest BCUT2D eigenvalue weighted by Gasteiger charge is -2.14. The van der Waals surface area contributed by atoms with Crippen LogP contribution in [0.15, 0.2) is 85.2 Å². The Morgan fingerprint density at radius 3 is 1.35 bits per heavy atom. The third kappa shape index (κ3) is 3.09. The van der Waals surface area contributed by atoms with Crippen molar-refractivity contribution >= 4 is 0 Å². The van der Waals surface area contributed by atoms with Crippen LogP contribution in [0.25, 0.3) is 33.6 Å². The molecule has 2 nitrogen and oxygen atoms in total. The Labute approximate surface area is 149 Å². The largest absolute Gasteiger partial charge is 0.256 e. The predicted molar refractivity (Wildman–Crippen MR) is 98.3 cm³/mol. The maximum atomic E-state index is 14.1. The molecule has 2 aromatic carbocycles. The number of nitrogens with zero attached hydrogens (tertiary/aromatic N) is 2. The molecule has 0 bridgehead atoms. The highest BCUT2D eigenvalue weighted by molar-refractivity contribution is 5.90. The van der Waals surface area contributed by atoms with Gasteiger partial charge in [0.15, 0.2) is 0 Å². The molecule has 0 unspecified atom stereocenters. The summed E-state index contributed by atoms with van der Waals surface area (Å²) in [5.41, 5.74) is 4.00. The lowest BCUT2D eigenvalue weighted by Crippen LogP contribution is -1.94.